The summed E-state index contributed by atoms with van der Waals surface area (Å²) in [6.07, 6.45) is 0.492. The van der Waals surface area contributed by atoms with Gasteiger partial charge in [-0.15, -0.1) is 0 Å². The van der Waals surface area contributed by atoms with Gasteiger partial charge in [-0.2, -0.15) is 0 Å². The van der Waals surface area contributed by atoms with Crippen molar-refractivity contribution in [3.05, 3.63) is 71.3 Å². The molecule has 0 bridgehead atoms. The summed E-state index contributed by atoms with van der Waals surface area (Å²) in [5.74, 6) is -1.97. The normalized spacial score (nSPS) is 19.5. The average molecular weight is 359 g/mol. The highest BCUT2D eigenvalue weighted by atomic mass is 19.1. The largest absolute Gasteiger partial charge is 0.469 e. The first-order chi connectivity index (χ1) is 12.5. The van der Waals surface area contributed by atoms with Gasteiger partial charge in [-0.3, -0.25) is 9.59 Å². The fourth-order valence-electron chi connectivity index (χ4n) is 3.08. The molecule has 0 saturated heterocycles. The predicted molar refractivity (Wildman–Crippen MR) is 91.2 cm³/mol. The first-order valence-electron chi connectivity index (χ1n) is 8.36. The number of halogens is 2. The molecule has 2 aromatic carbocycles. The van der Waals surface area contributed by atoms with Crippen LogP contribution >= 0.6 is 0 Å². The molecule has 0 aromatic heterocycles. The fraction of sp³-hybridized carbons (Fsp3) is 0.300. The number of esters is 1. The van der Waals surface area contributed by atoms with Crippen LogP contribution in [0.3, 0.4) is 0 Å². The minimum atomic E-state index is -0.627. The van der Waals surface area contributed by atoms with Gasteiger partial charge in [0.2, 0.25) is 5.91 Å². The van der Waals surface area contributed by atoms with Crippen molar-refractivity contribution in [2.75, 3.05) is 7.11 Å². The van der Waals surface area contributed by atoms with E-state index in [4.69, 9.17) is 0 Å². The van der Waals surface area contributed by atoms with Crippen LogP contribution in [0.25, 0.3) is 0 Å². The van der Waals surface area contributed by atoms with Crippen LogP contribution in [0.5, 0.6) is 0 Å². The summed E-state index contributed by atoms with van der Waals surface area (Å²) in [5.41, 5.74) is 1.13. The van der Waals surface area contributed by atoms with E-state index >= 15 is 0 Å². The number of nitrogens with one attached hydrogen (secondary N) is 1. The Morgan fingerprint density at radius 2 is 1.85 bits per heavy atom. The van der Waals surface area contributed by atoms with Gasteiger partial charge in [0.15, 0.2) is 0 Å². The van der Waals surface area contributed by atoms with Gasteiger partial charge in [-0.05, 0) is 41.7 Å². The molecule has 2 aromatic rings. The van der Waals surface area contributed by atoms with Crippen LogP contribution < -0.4 is 5.32 Å². The van der Waals surface area contributed by atoms with E-state index in [9.17, 15) is 18.4 Å². The SMILES string of the molecule is COC(=O)CC(NC(=O)C1CC1c1ccccc1F)c1ccc(F)cc1. The number of amides is 1. The summed E-state index contributed by atoms with van der Waals surface area (Å²) >= 11 is 0. The Morgan fingerprint density at radius 3 is 2.50 bits per heavy atom. The lowest BCUT2D eigenvalue weighted by atomic mass is 10.0. The fourth-order valence-corrected chi connectivity index (χ4v) is 3.08. The molecule has 1 amide bonds. The molecule has 0 radical (unpaired) electrons. The number of carbonyl (C=O) groups is 2. The number of rotatable bonds is 6. The molecule has 4 nitrogen and oxygen atoms in total. The van der Waals surface area contributed by atoms with Crippen molar-refractivity contribution >= 4 is 11.9 Å². The Labute approximate surface area is 150 Å². The highest BCUT2D eigenvalue weighted by Gasteiger charge is 2.45. The summed E-state index contributed by atoms with van der Waals surface area (Å²) < 4.78 is 31.7. The Morgan fingerprint density at radius 1 is 1.15 bits per heavy atom. The zero-order chi connectivity index (χ0) is 18.7. The van der Waals surface area contributed by atoms with Crippen molar-refractivity contribution in [3.63, 3.8) is 0 Å². The highest BCUT2D eigenvalue weighted by Crippen LogP contribution is 2.48. The van der Waals surface area contributed by atoms with Gasteiger partial charge in [-0.1, -0.05) is 30.3 Å². The van der Waals surface area contributed by atoms with Gasteiger partial charge in [0, 0.05) is 5.92 Å². The molecule has 0 aliphatic heterocycles. The lowest BCUT2D eigenvalue weighted by Gasteiger charge is -2.18. The van der Waals surface area contributed by atoms with E-state index < -0.39 is 17.8 Å². The van der Waals surface area contributed by atoms with Crippen molar-refractivity contribution < 1.29 is 23.1 Å². The molecular weight excluding hydrogens is 340 g/mol. The molecule has 0 heterocycles. The standard InChI is InChI=1S/C20H19F2NO3/c1-26-19(24)11-18(12-6-8-13(21)9-7-12)23-20(25)16-10-15(16)14-4-2-3-5-17(14)22/h2-9,15-16,18H,10-11H2,1H3,(H,23,25). The van der Waals surface area contributed by atoms with Gasteiger partial charge in [0.25, 0.3) is 0 Å². The molecule has 1 aliphatic carbocycles. The zero-order valence-corrected chi connectivity index (χ0v) is 14.2. The van der Waals surface area contributed by atoms with Crippen molar-refractivity contribution in [1.29, 1.82) is 0 Å². The van der Waals surface area contributed by atoms with Gasteiger partial charge in [0.05, 0.1) is 19.6 Å². The van der Waals surface area contributed by atoms with E-state index in [1.165, 1.54) is 37.4 Å². The Balaban J connectivity index is 1.71. The zero-order valence-electron chi connectivity index (χ0n) is 14.2. The summed E-state index contributed by atoms with van der Waals surface area (Å²) in [7, 11) is 1.26. The molecule has 1 fully saturated rings. The molecule has 6 heteroatoms. The minimum Gasteiger partial charge on any atom is -0.469 e. The van der Waals surface area contributed by atoms with Crippen molar-refractivity contribution in [2.24, 2.45) is 5.92 Å². The van der Waals surface area contributed by atoms with Crippen molar-refractivity contribution in [1.82, 2.24) is 5.32 Å². The predicted octanol–water partition coefficient (Wildman–Crippen LogP) is 3.49. The van der Waals surface area contributed by atoms with E-state index in [0.717, 1.165) is 0 Å². The first kappa shape index (κ1) is 18.0. The maximum Gasteiger partial charge on any atom is 0.307 e. The molecule has 136 valence electrons. The van der Waals surface area contributed by atoms with E-state index in [-0.39, 0.29) is 30.0 Å². The maximum absolute atomic E-state index is 13.9. The molecule has 3 atom stereocenters. The third-order valence-corrected chi connectivity index (χ3v) is 4.62. The minimum absolute atomic E-state index is 0.0645. The van der Waals surface area contributed by atoms with E-state index in [2.05, 4.69) is 10.1 Å². The average Bonchev–Trinajstić information content (AvgIpc) is 3.42. The van der Waals surface area contributed by atoms with Gasteiger partial charge in [-0.25, -0.2) is 8.78 Å². The second kappa shape index (κ2) is 7.64. The van der Waals surface area contributed by atoms with Crippen LogP contribution in [0, 0.1) is 17.6 Å². The molecule has 1 saturated carbocycles. The number of hydrogen-bond acceptors (Lipinski definition) is 3. The monoisotopic (exact) mass is 359 g/mol. The number of ether oxygens (including phenoxy) is 1. The van der Waals surface area contributed by atoms with Crippen molar-refractivity contribution in [2.45, 2.75) is 24.8 Å². The van der Waals surface area contributed by atoms with E-state index in [0.29, 0.717) is 17.5 Å². The second-order valence-corrected chi connectivity index (χ2v) is 6.36. The molecular formula is C20H19F2NO3. The van der Waals surface area contributed by atoms with E-state index in [1.54, 1.807) is 18.2 Å². The van der Waals surface area contributed by atoms with Gasteiger partial charge in [0.1, 0.15) is 11.6 Å². The van der Waals surface area contributed by atoms with Crippen LogP contribution in [0.15, 0.2) is 48.5 Å². The van der Waals surface area contributed by atoms with Crippen LogP contribution in [0.4, 0.5) is 8.78 Å². The summed E-state index contributed by atoms with van der Waals surface area (Å²) in [6.45, 7) is 0. The van der Waals surface area contributed by atoms with Crippen LogP contribution in [-0.2, 0) is 14.3 Å². The number of methoxy groups -OCH3 is 1. The lowest BCUT2D eigenvalue weighted by Crippen LogP contribution is -2.32. The Kier molecular flexibility index (Phi) is 5.30. The summed E-state index contributed by atoms with van der Waals surface area (Å²) in [6, 6.07) is 11.4. The molecule has 1 aliphatic rings. The van der Waals surface area contributed by atoms with Gasteiger partial charge >= 0.3 is 5.97 Å². The van der Waals surface area contributed by atoms with Crippen LogP contribution in [0.2, 0.25) is 0 Å². The molecule has 26 heavy (non-hydrogen) atoms. The summed E-state index contributed by atoms with van der Waals surface area (Å²) in [4.78, 5) is 24.2. The third-order valence-electron chi connectivity index (χ3n) is 4.62. The first-order valence-corrected chi connectivity index (χ1v) is 8.36. The summed E-state index contributed by atoms with van der Waals surface area (Å²) in [5, 5.41) is 2.81. The topological polar surface area (TPSA) is 55.4 Å². The second-order valence-electron chi connectivity index (χ2n) is 6.36. The smallest absolute Gasteiger partial charge is 0.307 e. The quantitative estimate of drug-likeness (QED) is 0.804. The molecule has 0 spiro atoms. The number of hydrogen-bond donors (Lipinski definition) is 1. The van der Waals surface area contributed by atoms with E-state index in [1.807, 2.05) is 0 Å². The Hall–Kier alpha value is -2.76. The lowest BCUT2D eigenvalue weighted by molar-refractivity contribution is -0.141. The number of benzene rings is 2. The maximum atomic E-state index is 13.9. The number of carbonyl (C=O) groups excluding carboxylic acids is 2. The highest BCUT2D eigenvalue weighted by molar-refractivity contribution is 5.84. The third kappa shape index (κ3) is 4.07. The molecule has 3 unspecified atom stereocenters. The van der Waals surface area contributed by atoms with Crippen LogP contribution in [0.1, 0.15) is 35.9 Å². The van der Waals surface area contributed by atoms with Gasteiger partial charge < -0.3 is 10.1 Å². The Bertz CT molecular complexity index is 807. The molecule has 3 rings (SSSR count). The van der Waals surface area contributed by atoms with Crippen molar-refractivity contribution in [3.8, 4) is 0 Å². The van der Waals surface area contributed by atoms with Crippen LogP contribution in [-0.4, -0.2) is 19.0 Å². The molecule has 1 N–H and O–H groups in total.